The van der Waals surface area contributed by atoms with Crippen LogP contribution >= 0.6 is 11.8 Å². The fourth-order valence-electron chi connectivity index (χ4n) is 2.95. The molecule has 22 heavy (non-hydrogen) atoms. The first-order valence-electron chi connectivity index (χ1n) is 7.06. The lowest BCUT2D eigenvalue weighted by Gasteiger charge is -2.37. The topological polar surface area (TPSA) is 55.6 Å². The van der Waals surface area contributed by atoms with Gasteiger partial charge in [-0.25, -0.2) is 4.39 Å². The van der Waals surface area contributed by atoms with E-state index in [9.17, 15) is 9.18 Å². The number of hydrogen-bond donors (Lipinski definition) is 0. The highest BCUT2D eigenvalue weighted by molar-refractivity contribution is 7.98. The fourth-order valence-corrected chi connectivity index (χ4v) is 3.43. The molecule has 0 spiro atoms. The molecular weight excluding hydrogens is 307 g/mol. The van der Waals surface area contributed by atoms with Gasteiger partial charge >= 0.3 is 0 Å². The number of nitrogens with zero attached hydrogens (tertiary/aromatic N) is 2. The number of ether oxygens (including phenoxy) is 1. The molecule has 0 aliphatic carbocycles. The number of aldehydes is 1. The van der Waals surface area contributed by atoms with E-state index >= 15 is 0 Å². The molecule has 0 radical (unpaired) electrons. The van der Waals surface area contributed by atoms with Crippen LogP contribution in [0.3, 0.4) is 0 Å². The number of fused-ring (bicyclic) bond motifs is 1. The van der Waals surface area contributed by atoms with Gasteiger partial charge < -0.3 is 14.2 Å². The second-order valence-corrected chi connectivity index (χ2v) is 6.27. The van der Waals surface area contributed by atoms with Crippen molar-refractivity contribution in [2.75, 3.05) is 24.2 Å². The predicted molar refractivity (Wildman–Crippen MR) is 83.4 cm³/mol. The highest BCUT2D eigenvalue weighted by Crippen LogP contribution is 2.36. The van der Waals surface area contributed by atoms with Crippen molar-refractivity contribution in [1.29, 1.82) is 0 Å². The van der Waals surface area contributed by atoms with Crippen molar-refractivity contribution in [3.63, 3.8) is 0 Å². The minimum absolute atomic E-state index is 0.0326. The molecule has 2 heterocycles. The van der Waals surface area contributed by atoms with Crippen molar-refractivity contribution in [3.05, 3.63) is 17.4 Å². The van der Waals surface area contributed by atoms with Gasteiger partial charge in [0.05, 0.1) is 23.3 Å². The number of carbonyl (C=O) groups excluding carboxylic acids is 1. The maximum atomic E-state index is 14.9. The van der Waals surface area contributed by atoms with E-state index in [0.29, 0.717) is 35.4 Å². The van der Waals surface area contributed by atoms with Crippen LogP contribution in [0.25, 0.3) is 11.0 Å². The molecule has 0 bridgehead atoms. The molecule has 7 heteroatoms. The molecular formula is C15H17FN2O3S. The molecule has 1 aliphatic rings. The average molecular weight is 324 g/mol. The number of aromatic nitrogens is 1. The number of rotatable bonds is 3. The number of carbonyl (C=O) groups is 1. The van der Waals surface area contributed by atoms with Crippen molar-refractivity contribution in [2.45, 2.75) is 31.1 Å². The second-order valence-electron chi connectivity index (χ2n) is 5.48. The second kappa shape index (κ2) is 5.89. The van der Waals surface area contributed by atoms with Crippen LogP contribution in [-0.4, -0.2) is 43.0 Å². The lowest BCUT2D eigenvalue weighted by Crippen LogP contribution is -2.46. The smallest absolute Gasteiger partial charge is 0.205 e. The van der Waals surface area contributed by atoms with E-state index in [1.54, 1.807) is 6.07 Å². The summed E-state index contributed by atoms with van der Waals surface area (Å²) in [5, 5.41) is 4.96. The van der Waals surface area contributed by atoms with Gasteiger partial charge in [0.15, 0.2) is 12.1 Å². The van der Waals surface area contributed by atoms with Gasteiger partial charge in [-0.1, -0.05) is 5.16 Å². The highest BCUT2D eigenvalue weighted by atomic mass is 32.2. The monoisotopic (exact) mass is 324 g/mol. The Bertz CT molecular complexity index is 708. The van der Waals surface area contributed by atoms with Gasteiger partial charge in [0.1, 0.15) is 5.03 Å². The minimum atomic E-state index is -0.534. The van der Waals surface area contributed by atoms with Crippen LogP contribution in [0.2, 0.25) is 0 Å². The zero-order chi connectivity index (χ0) is 15.9. The van der Waals surface area contributed by atoms with E-state index in [1.807, 2.05) is 25.0 Å². The SMILES string of the molecule is CSc1noc2c(F)c(N3C[C@@H](C)O[C@@H](C)C3)c(C=O)cc12. The summed E-state index contributed by atoms with van der Waals surface area (Å²) in [6.45, 7) is 4.91. The van der Waals surface area contributed by atoms with Gasteiger partial charge in [-0.3, -0.25) is 4.79 Å². The summed E-state index contributed by atoms with van der Waals surface area (Å²) in [6, 6.07) is 1.65. The first-order valence-corrected chi connectivity index (χ1v) is 8.29. The summed E-state index contributed by atoms with van der Waals surface area (Å²) in [4.78, 5) is 13.3. The van der Waals surface area contributed by atoms with E-state index in [0.717, 1.165) is 0 Å². The van der Waals surface area contributed by atoms with Crippen LogP contribution in [0.5, 0.6) is 0 Å². The highest BCUT2D eigenvalue weighted by Gasteiger charge is 2.29. The third-order valence-corrected chi connectivity index (χ3v) is 4.41. The quantitative estimate of drug-likeness (QED) is 0.639. The summed E-state index contributed by atoms with van der Waals surface area (Å²) in [5.41, 5.74) is 0.676. The summed E-state index contributed by atoms with van der Waals surface area (Å²) >= 11 is 1.35. The van der Waals surface area contributed by atoms with Crippen molar-refractivity contribution in [1.82, 2.24) is 5.16 Å². The molecule has 3 rings (SSSR count). The summed E-state index contributed by atoms with van der Waals surface area (Å²) in [6.07, 6.45) is 2.44. The summed E-state index contributed by atoms with van der Waals surface area (Å²) < 4.78 is 25.7. The van der Waals surface area contributed by atoms with Gasteiger partial charge in [0, 0.05) is 18.7 Å². The zero-order valence-corrected chi connectivity index (χ0v) is 13.4. The lowest BCUT2D eigenvalue weighted by molar-refractivity contribution is -0.00542. The number of morpholine rings is 1. The number of anilines is 1. The van der Waals surface area contributed by atoms with Gasteiger partial charge in [0.2, 0.25) is 5.58 Å². The first kappa shape index (κ1) is 15.3. The fraction of sp³-hybridized carbons (Fsp3) is 0.467. The van der Waals surface area contributed by atoms with Crippen LogP contribution in [0, 0.1) is 5.82 Å². The molecule has 0 N–H and O–H groups in total. The van der Waals surface area contributed by atoms with E-state index in [2.05, 4.69) is 5.16 Å². The summed E-state index contributed by atoms with van der Waals surface area (Å²) in [7, 11) is 0. The van der Waals surface area contributed by atoms with E-state index < -0.39 is 5.82 Å². The van der Waals surface area contributed by atoms with Crippen LogP contribution < -0.4 is 4.90 Å². The van der Waals surface area contributed by atoms with E-state index in [4.69, 9.17) is 9.26 Å². The Morgan fingerprint density at radius 2 is 2.09 bits per heavy atom. The normalized spacial score (nSPS) is 22.3. The standard InChI is InChI=1S/C15H17FN2O3S/c1-8-5-18(6-9(2)20-8)13-10(7-19)4-11-14(12(13)16)21-17-15(11)22-3/h4,7-9H,5-6H2,1-3H3/t8-,9+. The third kappa shape index (κ3) is 2.48. The van der Waals surface area contributed by atoms with Crippen molar-refractivity contribution < 1.29 is 18.4 Å². The van der Waals surface area contributed by atoms with Crippen LogP contribution in [0.15, 0.2) is 15.6 Å². The van der Waals surface area contributed by atoms with Crippen molar-refractivity contribution in [3.8, 4) is 0 Å². The molecule has 1 aromatic heterocycles. The van der Waals surface area contributed by atoms with Gasteiger partial charge in [-0.05, 0) is 26.2 Å². The average Bonchev–Trinajstić information content (AvgIpc) is 2.89. The zero-order valence-electron chi connectivity index (χ0n) is 12.6. The molecule has 5 nitrogen and oxygen atoms in total. The van der Waals surface area contributed by atoms with Gasteiger partial charge in [0.25, 0.3) is 0 Å². The molecule has 2 aromatic rings. The third-order valence-electron chi connectivity index (χ3n) is 3.73. The lowest BCUT2D eigenvalue weighted by atomic mass is 10.1. The Kier molecular flexibility index (Phi) is 4.10. The molecule has 0 unspecified atom stereocenters. The Labute approximate surface area is 131 Å². The molecule has 0 saturated carbocycles. The Morgan fingerprint density at radius 3 is 2.68 bits per heavy atom. The molecule has 1 aliphatic heterocycles. The molecule has 0 amide bonds. The maximum absolute atomic E-state index is 14.9. The van der Waals surface area contributed by atoms with Gasteiger partial charge in [-0.2, -0.15) is 0 Å². The Morgan fingerprint density at radius 1 is 1.41 bits per heavy atom. The summed E-state index contributed by atoms with van der Waals surface area (Å²) in [5.74, 6) is -0.534. The predicted octanol–water partition coefficient (Wildman–Crippen LogP) is 3.11. The number of halogens is 1. The molecule has 1 fully saturated rings. The van der Waals surface area contributed by atoms with Crippen molar-refractivity contribution in [2.24, 2.45) is 0 Å². The van der Waals surface area contributed by atoms with Crippen molar-refractivity contribution >= 4 is 34.7 Å². The van der Waals surface area contributed by atoms with Crippen LogP contribution in [0.4, 0.5) is 10.1 Å². The van der Waals surface area contributed by atoms with E-state index in [-0.39, 0.29) is 23.5 Å². The van der Waals surface area contributed by atoms with Crippen LogP contribution in [0.1, 0.15) is 24.2 Å². The number of hydrogen-bond acceptors (Lipinski definition) is 6. The Balaban J connectivity index is 2.16. The largest absolute Gasteiger partial charge is 0.372 e. The molecule has 2 atom stereocenters. The molecule has 1 saturated heterocycles. The molecule has 118 valence electrons. The minimum Gasteiger partial charge on any atom is -0.372 e. The Hall–Kier alpha value is -1.60. The number of thioether (sulfide) groups is 1. The number of benzene rings is 1. The van der Waals surface area contributed by atoms with Crippen LogP contribution in [-0.2, 0) is 4.74 Å². The molecule has 1 aromatic carbocycles. The first-order chi connectivity index (χ1) is 10.5. The van der Waals surface area contributed by atoms with E-state index in [1.165, 1.54) is 11.8 Å². The maximum Gasteiger partial charge on any atom is 0.205 e. The van der Waals surface area contributed by atoms with Gasteiger partial charge in [-0.15, -0.1) is 11.8 Å².